The van der Waals surface area contributed by atoms with Gasteiger partial charge in [0.1, 0.15) is 5.82 Å². The minimum Gasteiger partial charge on any atom is -0.373 e. The highest BCUT2D eigenvalue weighted by Gasteiger charge is 2.36. The van der Waals surface area contributed by atoms with E-state index < -0.39 is 0 Å². The van der Waals surface area contributed by atoms with Gasteiger partial charge in [-0.15, -0.1) is 0 Å². The molecule has 1 heterocycles. The summed E-state index contributed by atoms with van der Waals surface area (Å²) in [5.41, 5.74) is 4.98. The van der Waals surface area contributed by atoms with Crippen LogP contribution in [0.5, 0.6) is 0 Å². The van der Waals surface area contributed by atoms with E-state index in [1.807, 2.05) is 6.07 Å². The fourth-order valence-electron chi connectivity index (χ4n) is 3.86. The van der Waals surface area contributed by atoms with Gasteiger partial charge in [0.15, 0.2) is 0 Å². The van der Waals surface area contributed by atoms with Crippen LogP contribution < -0.4 is 0 Å². The lowest BCUT2D eigenvalue weighted by Gasteiger charge is -2.35. The number of hydrogen-bond donors (Lipinski definition) is 0. The molecule has 0 saturated carbocycles. The van der Waals surface area contributed by atoms with Crippen molar-refractivity contribution >= 4 is 0 Å². The molecular weight excluding hydrogens is 263 g/mol. The third-order valence-corrected chi connectivity index (χ3v) is 4.83. The van der Waals surface area contributed by atoms with E-state index in [1.165, 1.54) is 16.7 Å². The minimum absolute atomic E-state index is 0.00412. The van der Waals surface area contributed by atoms with E-state index in [0.29, 0.717) is 11.8 Å². The van der Waals surface area contributed by atoms with Crippen LogP contribution in [0.2, 0.25) is 0 Å². The van der Waals surface area contributed by atoms with Gasteiger partial charge in [-0.3, -0.25) is 0 Å². The van der Waals surface area contributed by atoms with Crippen molar-refractivity contribution in [1.82, 2.24) is 0 Å². The van der Waals surface area contributed by atoms with Crippen LogP contribution in [0.4, 0.5) is 4.39 Å². The molecule has 1 nitrogen and oxygen atoms in total. The molecule has 2 heteroatoms. The summed E-state index contributed by atoms with van der Waals surface area (Å²) >= 11 is 0. The molecule has 4 rings (SSSR count). The van der Waals surface area contributed by atoms with E-state index in [0.717, 1.165) is 25.0 Å². The molecule has 1 fully saturated rings. The smallest absolute Gasteiger partial charge is 0.123 e. The molecule has 1 aliphatic carbocycles. The maximum atomic E-state index is 13.7. The van der Waals surface area contributed by atoms with Gasteiger partial charge in [0.05, 0.1) is 12.7 Å². The molecule has 2 aromatic carbocycles. The molecule has 3 atom stereocenters. The van der Waals surface area contributed by atoms with Crippen molar-refractivity contribution in [2.45, 2.75) is 31.8 Å². The molecule has 1 saturated heterocycles. The van der Waals surface area contributed by atoms with Crippen LogP contribution in [0.15, 0.2) is 42.5 Å². The van der Waals surface area contributed by atoms with Crippen molar-refractivity contribution in [2.75, 3.05) is 6.61 Å². The van der Waals surface area contributed by atoms with Gasteiger partial charge in [0, 0.05) is 5.92 Å². The van der Waals surface area contributed by atoms with E-state index in [1.54, 1.807) is 12.1 Å². The fraction of sp³-hybridized carbons (Fsp3) is 0.368. The van der Waals surface area contributed by atoms with Crippen molar-refractivity contribution in [2.24, 2.45) is 5.92 Å². The molecule has 0 aromatic heterocycles. The third-order valence-electron chi connectivity index (χ3n) is 4.83. The molecule has 0 bridgehead atoms. The quantitative estimate of drug-likeness (QED) is 0.685. The van der Waals surface area contributed by atoms with Crippen molar-refractivity contribution in [3.63, 3.8) is 0 Å². The molecule has 1 aliphatic heterocycles. The second kappa shape index (κ2) is 4.96. The summed E-state index contributed by atoms with van der Waals surface area (Å²) in [5, 5.41) is 0. The van der Waals surface area contributed by atoms with Gasteiger partial charge >= 0.3 is 0 Å². The van der Waals surface area contributed by atoms with Crippen LogP contribution in [0.1, 0.15) is 47.6 Å². The first kappa shape index (κ1) is 13.0. The van der Waals surface area contributed by atoms with Gasteiger partial charge in [-0.2, -0.15) is 0 Å². The molecule has 108 valence electrons. The highest BCUT2D eigenvalue weighted by molar-refractivity contribution is 5.44. The Morgan fingerprint density at radius 2 is 1.86 bits per heavy atom. The van der Waals surface area contributed by atoms with E-state index in [2.05, 4.69) is 31.2 Å². The molecule has 2 aromatic rings. The summed E-state index contributed by atoms with van der Waals surface area (Å²) in [5.74, 6) is 0.725. The van der Waals surface area contributed by atoms with E-state index >= 15 is 0 Å². The van der Waals surface area contributed by atoms with E-state index in [-0.39, 0.29) is 11.9 Å². The molecule has 21 heavy (non-hydrogen) atoms. The van der Waals surface area contributed by atoms with Gasteiger partial charge in [0.25, 0.3) is 0 Å². The normalized spacial score (nSPS) is 27.2. The summed E-state index contributed by atoms with van der Waals surface area (Å²) in [6, 6.07) is 13.8. The topological polar surface area (TPSA) is 9.23 Å². The highest BCUT2D eigenvalue weighted by atomic mass is 19.1. The van der Waals surface area contributed by atoms with Gasteiger partial charge in [-0.25, -0.2) is 4.39 Å². The summed E-state index contributed by atoms with van der Waals surface area (Å²) < 4.78 is 19.9. The van der Waals surface area contributed by atoms with Crippen molar-refractivity contribution in [3.05, 3.63) is 70.5 Å². The Morgan fingerprint density at radius 1 is 1.05 bits per heavy atom. The number of halogens is 1. The molecule has 0 amide bonds. The zero-order valence-electron chi connectivity index (χ0n) is 12.2. The molecule has 2 aliphatic rings. The largest absolute Gasteiger partial charge is 0.373 e. The standard InChI is InChI=1S/C19H19FO/c1-12-8-18-16-5-3-2-4-13(16)9-14-6-7-15(20)10-17(14)19(18)21-11-12/h2-7,10,12,18-19H,8-9,11H2,1H3/t12-,18+,19-/m0/s1. The average Bonchev–Trinajstić information content (AvgIpc) is 2.62. The number of fused-ring (bicyclic) bond motifs is 5. The molecule has 0 radical (unpaired) electrons. The average molecular weight is 282 g/mol. The Kier molecular flexibility index (Phi) is 3.07. The summed E-state index contributed by atoms with van der Waals surface area (Å²) in [4.78, 5) is 0. The van der Waals surface area contributed by atoms with Crippen LogP contribution >= 0.6 is 0 Å². The maximum absolute atomic E-state index is 13.7. The number of benzene rings is 2. The Morgan fingerprint density at radius 3 is 2.76 bits per heavy atom. The molecule has 0 spiro atoms. The number of rotatable bonds is 0. The summed E-state index contributed by atoms with van der Waals surface area (Å²) in [6.45, 7) is 3.00. The van der Waals surface area contributed by atoms with Crippen LogP contribution in [0, 0.1) is 11.7 Å². The maximum Gasteiger partial charge on any atom is 0.123 e. The Balaban J connectivity index is 1.91. The fourth-order valence-corrected chi connectivity index (χ4v) is 3.86. The SMILES string of the molecule is C[C@@H]1CO[C@H]2c3cc(F)ccc3Cc3ccccc3[C@H]2C1. The van der Waals surface area contributed by atoms with E-state index in [9.17, 15) is 4.39 Å². The molecular formula is C19H19FO. The zero-order valence-corrected chi connectivity index (χ0v) is 12.2. The predicted molar refractivity (Wildman–Crippen MR) is 80.9 cm³/mol. The van der Waals surface area contributed by atoms with Crippen molar-refractivity contribution in [3.8, 4) is 0 Å². The van der Waals surface area contributed by atoms with Gasteiger partial charge in [0.2, 0.25) is 0 Å². The van der Waals surface area contributed by atoms with Crippen LogP contribution in [-0.4, -0.2) is 6.61 Å². The second-order valence-corrected chi connectivity index (χ2v) is 6.42. The lowest BCUT2D eigenvalue weighted by molar-refractivity contribution is -0.0290. The number of ether oxygens (including phenoxy) is 1. The Hall–Kier alpha value is -1.67. The first-order chi connectivity index (χ1) is 10.2. The molecule has 0 N–H and O–H groups in total. The lowest BCUT2D eigenvalue weighted by atomic mass is 9.80. The van der Waals surface area contributed by atoms with Crippen molar-refractivity contribution in [1.29, 1.82) is 0 Å². The first-order valence-electron chi connectivity index (χ1n) is 7.70. The van der Waals surface area contributed by atoms with Crippen LogP contribution in [0.3, 0.4) is 0 Å². The molecule has 0 unspecified atom stereocenters. The Labute approximate surface area is 124 Å². The Bertz CT molecular complexity index is 679. The first-order valence-corrected chi connectivity index (χ1v) is 7.70. The van der Waals surface area contributed by atoms with Crippen LogP contribution in [0.25, 0.3) is 0 Å². The highest BCUT2D eigenvalue weighted by Crippen LogP contribution is 2.47. The van der Waals surface area contributed by atoms with E-state index in [4.69, 9.17) is 4.74 Å². The van der Waals surface area contributed by atoms with Crippen molar-refractivity contribution < 1.29 is 9.13 Å². The third kappa shape index (κ3) is 2.18. The number of hydrogen-bond acceptors (Lipinski definition) is 1. The lowest BCUT2D eigenvalue weighted by Crippen LogP contribution is -2.26. The zero-order chi connectivity index (χ0) is 14.4. The monoisotopic (exact) mass is 282 g/mol. The van der Waals surface area contributed by atoms with Gasteiger partial charge < -0.3 is 4.74 Å². The van der Waals surface area contributed by atoms with Gasteiger partial charge in [-0.1, -0.05) is 37.3 Å². The van der Waals surface area contributed by atoms with Gasteiger partial charge in [-0.05, 0) is 53.1 Å². The van der Waals surface area contributed by atoms with Crippen LogP contribution in [-0.2, 0) is 11.2 Å². The predicted octanol–water partition coefficient (Wildman–Crippen LogP) is 4.61. The minimum atomic E-state index is -0.166. The summed E-state index contributed by atoms with van der Waals surface area (Å²) in [6.07, 6.45) is 1.98. The summed E-state index contributed by atoms with van der Waals surface area (Å²) in [7, 11) is 0. The second-order valence-electron chi connectivity index (χ2n) is 6.42.